The van der Waals surface area contributed by atoms with E-state index in [1.165, 1.54) is 5.56 Å². The molecule has 0 saturated carbocycles. The molecule has 1 amide bonds. The number of hydrogen-bond acceptors (Lipinski definition) is 3. The molecule has 0 aliphatic carbocycles. The lowest BCUT2D eigenvalue weighted by atomic mass is 10.0. The summed E-state index contributed by atoms with van der Waals surface area (Å²) in [5, 5.41) is 4.12. The number of hydrazone groups is 1. The summed E-state index contributed by atoms with van der Waals surface area (Å²) >= 11 is 0. The summed E-state index contributed by atoms with van der Waals surface area (Å²) in [6.07, 6.45) is 1.58. The second kappa shape index (κ2) is 6.79. The molecule has 1 heterocycles. The van der Waals surface area contributed by atoms with Crippen molar-refractivity contribution in [3.05, 3.63) is 65.5 Å². The van der Waals surface area contributed by atoms with Gasteiger partial charge in [-0.25, -0.2) is 5.43 Å². The second-order valence-electron chi connectivity index (χ2n) is 5.13. The highest BCUT2D eigenvalue weighted by Crippen LogP contribution is 2.15. The zero-order valence-electron chi connectivity index (χ0n) is 12.5. The van der Waals surface area contributed by atoms with Crippen LogP contribution in [0, 0.1) is 0 Å². The van der Waals surface area contributed by atoms with Crippen LogP contribution < -0.4 is 5.43 Å². The summed E-state index contributed by atoms with van der Waals surface area (Å²) in [6, 6.07) is 13.4. The van der Waals surface area contributed by atoms with Crippen LogP contribution in [-0.2, 0) is 0 Å². The minimum atomic E-state index is -0.311. The van der Waals surface area contributed by atoms with Gasteiger partial charge in [-0.05, 0) is 36.1 Å². The molecule has 0 saturated heterocycles. The quantitative estimate of drug-likeness (QED) is 0.690. The Balaban J connectivity index is 2.05. The molecule has 2 rings (SSSR count). The van der Waals surface area contributed by atoms with E-state index < -0.39 is 0 Å². The lowest BCUT2D eigenvalue weighted by molar-refractivity contribution is 0.0950. The molecule has 0 aliphatic rings. The van der Waals surface area contributed by atoms with Gasteiger partial charge in [0.1, 0.15) is 5.69 Å². The van der Waals surface area contributed by atoms with Crippen LogP contribution in [0.15, 0.2) is 53.8 Å². The summed E-state index contributed by atoms with van der Waals surface area (Å²) in [6.45, 7) is 6.18. The SMILES string of the molecule is C/C(=N/NC(=O)c1ccccn1)c1ccc(C(C)C)cc1. The number of nitrogens with one attached hydrogen (secondary N) is 1. The molecule has 1 N–H and O–H groups in total. The number of benzene rings is 1. The maximum atomic E-state index is 11.8. The molecule has 1 aromatic heterocycles. The third kappa shape index (κ3) is 3.99. The van der Waals surface area contributed by atoms with Gasteiger partial charge in [-0.3, -0.25) is 9.78 Å². The fourth-order valence-electron chi connectivity index (χ4n) is 1.86. The van der Waals surface area contributed by atoms with Crippen molar-refractivity contribution >= 4 is 11.6 Å². The predicted molar refractivity (Wildman–Crippen MR) is 84.4 cm³/mol. The Morgan fingerprint density at radius 1 is 1.14 bits per heavy atom. The van der Waals surface area contributed by atoms with Crippen LogP contribution in [0.4, 0.5) is 0 Å². The van der Waals surface area contributed by atoms with Gasteiger partial charge in [0.2, 0.25) is 0 Å². The highest BCUT2D eigenvalue weighted by molar-refractivity contribution is 6.00. The summed E-state index contributed by atoms with van der Waals surface area (Å²) in [4.78, 5) is 15.8. The van der Waals surface area contributed by atoms with Gasteiger partial charge in [0, 0.05) is 6.20 Å². The maximum absolute atomic E-state index is 11.8. The fourth-order valence-corrected chi connectivity index (χ4v) is 1.86. The first-order chi connectivity index (χ1) is 10.1. The number of carbonyl (C=O) groups excluding carboxylic acids is 1. The molecular formula is C17H19N3O. The van der Waals surface area contributed by atoms with Crippen LogP contribution in [0.25, 0.3) is 0 Å². The van der Waals surface area contributed by atoms with Gasteiger partial charge in [-0.1, -0.05) is 44.2 Å². The van der Waals surface area contributed by atoms with Crippen LogP contribution >= 0.6 is 0 Å². The van der Waals surface area contributed by atoms with Crippen LogP contribution in [0.5, 0.6) is 0 Å². The Morgan fingerprint density at radius 2 is 1.86 bits per heavy atom. The molecule has 0 spiro atoms. The summed E-state index contributed by atoms with van der Waals surface area (Å²) < 4.78 is 0. The first-order valence-electron chi connectivity index (χ1n) is 6.94. The number of nitrogens with zero attached hydrogens (tertiary/aromatic N) is 2. The van der Waals surface area contributed by atoms with E-state index in [9.17, 15) is 4.79 Å². The Bertz CT molecular complexity index is 631. The molecule has 0 bridgehead atoms. The number of hydrogen-bond donors (Lipinski definition) is 1. The van der Waals surface area contributed by atoms with Gasteiger partial charge in [-0.2, -0.15) is 5.10 Å². The number of amides is 1. The normalized spacial score (nSPS) is 11.5. The van der Waals surface area contributed by atoms with Crippen LogP contribution in [0.2, 0.25) is 0 Å². The standard InChI is InChI=1S/C17H19N3O/c1-12(2)14-7-9-15(10-8-14)13(3)19-20-17(21)16-6-4-5-11-18-16/h4-12H,1-3H3,(H,20,21)/b19-13-. The van der Waals surface area contributed by atoms with Gasteiger partial charge >= 0.3 is 0 Å². The number of rotatable bonds is 4. The zero-order valence-corrected chi connectivity index (χ0v) is 12.5. The zero-order chi connectivity index (χ0) is 15.2. The van der Waals surface area contributed by atoms with E-state index in [0.717, 1.165) is 11.3 Å². The smallest absolute Gasteiger partial charge is 0.266 e. The number of pyridine rings is 1. The third-order valence-electron chi connectivity index (χ3n) is 3.22. The largest absolute Gasteiger partial charge is 0.289 e. The van der Waals surface area contributed by atoms with E-state index in [2.05, 4.69) is 41.5 Å². The summed E-state index contributed by atoms with van der Waals surface area (Å²) in [5.74, 6) is 0.189. The van der Waals surface area contributed by atoms with Crippen LogP contribution in [-0.4, -0.2) is 16.6 Å². The Morgan fingerprint density at radius 3 is 2.43 bits per heavy atom. The van der Waals surface area contributed by atoms with Gasteiger partial charge in [0.15, 0.2) is 0 Å². The Labute approximate surface area is 124 Å². The van der Waals surface area contributed by atoms with Gasteiger partial charge in [-0.15, -0.1) is 0 Å². The number of carbonyl (C=O) groups is 1. The highest BCUT2D eigenvalue weighted by atomic mass is 16.2. The van der Waals surface area contributed by atoms with Crippen LogP contribution in [0.3, 0.4) is 0 Å². The molecule has 108 valence electrons. The van der Waals surface area contributed by atoms with E-state index in [1.54, 1.807) is 24.4 Å². The van der Waals surface area contributed by atoms with Crippen molar-refractivity contribution in [3.8, 4) is 0 Å². The van der Waals surface area contributed by atoms with E-state index in [0.29, 0.717) is 11.6 Å². The van der Waals surface area contributed by atoms with Crippen molar-refractivity contribution in [2.45, 2.75) is 26.7 Å². The summed E-state index contributed by atoms with van der Waals surface area (Å²) in [5.41, 5.74) is 5.90. The molecule has 1 aromatic carbocycles. The average molecular weight is 281 g/mol. The molecule has 21 heavy (non-hydrogen) atoms. The van der Waals surface area contributed by atoms with E-state index in [4.69, 9.17) is 0 Å². The molecule has 4 heteroatoms. The monoisotopic (exact) mass is 281 g/mol. The van der Waals surface area contributed by atoms with Crippen molar-refractivity contribution in [2.75, 3.05) is 0 Å². The number of aromatic nitrogens is 1. The molecule has 0 fully saturated rings. The average Bonchev–Trinajstić information content (AvgIpc) is 2.53. The second-order valence-corrected chi connectivity index (χ2v) is 5.13. The van der Waals surface area contributed by atoms with Crippen molar-refractivity contribution in [1.29, 1.82) is 0 Å². The van der Waals surface area contributed by atoms with Crippen molar-refractivity contribution in [1.82, 2.24) is 10.4 Å². The molecule has 4 nitrogen and oxygen atoms in total. The van der Waals surface area contributed by atoms with Crippen molar-refractivity contribution < 1.29 is 4.79 Å². The minimum absolute atomic E-state index is 0.311. The Hall–Kier alpha value is -2.49. The maximum Gasteiger partial charge on any atom is 0.289 e. The molecule has 0 aliphatic heterocycles. The predicted octanol–water partition coefficient (Wildman–Crippen LogP) is 3.36. The first-order valence-corrected chi connectivity index (χ1v) is 6.94. The van der Waals surface area contributed by atoms with Crippen molar-refractivity contribution in [3.63, 3.8) is 0 Å². The third-order valence-corrected chi connectivity index (χ3v) is 3.22. The highest BCUT2D eigenvalue weighted by Gasteiger charge is 2.05. The van der Waals surface area contributed by atoms with E-state index >= 15 is 0 Å². The molecule has 0 radical (unpaired) electrons. The summed E-state index contributed by atoms with van der Waals surface area (Å²) in [7, 11) is 0. The van der Waals surface area contributed by atoms with Crippen LogP contribution in [0.1, 0.15) is 48.3 Å². The Kier molecular flexibility index (Phi) is 4.82. The molecule has 0 unspecified atom stereocenters. The van der Waals surface area contributed by atoms with Gasteiger partial charge in [0.25, 0.3) is 5.91 Å². The fraction of sp³-hybridized carbons (Fsp3) is 0.235. The minimum Gasteiger partial charge on any atom is -0.266 e. The molecule has 2 aromatic rings. The molecular weight excluding hydrogens is 262 g/mol. The lowest BCUT2D eigenvalue weighted by Crippen LogP contribution is -2.20. The topological polar surface area (TPSA) is 54.4 Å². The van der Waals surface area contributed by atoms with E-state index in [1.807, 2.05) is 19.1 Å². The molecule has 0 atom stereocenters. The van der Waals surface area contributed by atoms with Gasteiger partial charge in [0.05, 0.1) is 5.71 Å². The van der Waals surface area contributed by atoms with E-state index in [-0.39, 0.29) is 5.91 Å². The lowest BCUT2D eigenvalue weighted by Gasteiger charge is -2.07. The van der Waals surface area contributed by atoms with Gasteiger partial charge < -0.3 is 0 Å². The van der Waals surface area contributed by atoms with Crippen molar-refractivity contribution in [2.24, 2.45) is 5.10 Å². The first kappa shape index (κ1) is 14.9.